The van der Waals surface area contributed by atoms with Crippen LogP contribution in [0.15, 0.2) is 33.6 Å². The number of sulfonamides is 1. The fraction of sp³-hybridized carbons (Fsp3) is 0.579. The number of hydrogen-bond acceptors (Lipinski definition) is 3. The van der Waals surface area contributed by atoms with Crippen molar-refractivity contribution in [3.63, 3.8) is 0 Å². The van der Waals surface area contributed by atoms with E-state index in [1.165, 1.54) is 12.1 Å². The van der Waals surface area contributed by atoms with E-state index in [2.05, 4.69) is 16.6 Å². The summed E-state index contributed by atoms with van der Waals surface area (Å²) in [6, 6.07) is 6.32. The average molecular weight is 380 g/mol. The molecule has 1 aromatic rings. The molecule has 0 spiro atoms. The van der Waals surface area contributed by atoms with Crippen molar-refractivity contribution in [2.45, 2.75) is 63.2 Å². The molecule has 0 bridgehead atoms. The second-order valence-corrected chi connectivity index (χ2v) is 8.35. The summed E-state index contributed by atoms with van der Waals surface area (Å²) >= 11 is 0. The zero-order chi connectivity index (χ0) is 19.0. The molecule has 0 aliphatic carbocycles. The van der Waals surface area contributed by atoms with Crippen molar-refractivity contribution >= 4 is 27.5 Å². The highest BCUT2D eigenvalue weighted by molar-refractivity contribution is 7.90. The van der Waals surface area contributed by atoms with E-state index in [1.807, 2.05) is 11.9 Å². The molecule has 1 N–H and O–H groups in total. The molecule has 1 fully saturated rings. The van der Waals surface area contributed by atoms with Gasteiger partial charge in [-0.05, 0) is 37.5 Å². The first-order chi connectivity index (χ1) is 12.4. The van der Waals surface area contributed by atoms with Gasteiger partial charge in [-0.1, -0.05) is 32.3 Å². The molecule has 2 rings (SSSR count). The lowest BCUT2D eigenvalue weighted by molar-refractivity contribution is -0.116. The Labute approximate surface area is 156 Å². The molecular weight excluding hydrogens is 350 g/mol. The number of rotatable bonds is 7. The van der Waals surface area contributed by atoms with Gasteiger partial charge in [-0.2, -0.15) is 8.42 Å². The second-order valence-electron chi connectivity index (χ2n) is 6.75. The molecular formula is C19H29N3O3S. The van der Waals surface area contributed by atoms with Crippen molar-refractivity contribution in [1.29, 1.82) is 0 Å². The Kier molecular flexibility index (Phi) is 7.63. The lowest BCUT2D eigenvalue weighted by atomic mass is 10.2. The Balaban J connectivity index is 2.13. The van der Waals surface area contributed by atoms with E-state index in [0.717, 1.165) is 45.1 Å². The number of likely N-dealkylation sites (tertiary alicyclic amines) is 1. The number of unbranched alkanes of at least 4 members (excludes halogenated alkanes) is 2. The van der Waals surface area contributed by atoms with Crippen LogP contribution >= 0.6 is 0 Å². The number of amidine groups is 1. The molecule has 6 nitrogen and oxygen atoms in total. The predicted molar refractivity (Wildman–Crippen MR) is 105 cm³/mol. The summed E-state index contributed by atoms with van der Waals surface area (Å²) in [7, 11) is -1.91. The largest absolute Gasteiger partial charge is 0.362 e. The SMILES string of the molecule is CCCCCC(=O)Nc1cccc(S(=O)(=O)/N=C2/CCCCCN2C)c1. The Morgan fingerprint density at radius 2 is 2.04 bits per heavy atom. The highest BCUT2D eigenvalue weighted by atomic mass is 32.2. The molecule has 1 amide bonds. The van der Waals surface area contributed by atoms with Gasteiger partial charge in [0.15, 0.2) is 0 Å². The summed E-state index contributed by atoms with van der Waals surface area (Å²) in [4.78, 5) is 14.0. The zero-order valence-corrected chi connectivity index (χ0v) is 16.5. The van der Waals surface area contributed by atoms with Crippen molar-refractivity contribution in [2.24, 2.45) is 4.40 Å². The van der Waals surface area contributed by atoms with Gasteiger partial charge >= 0.3 is 0 Å². The first-order valence-corrected chi connectivity index (χ1v) is 10.8. The quantitative estimate of drug-likeness (QED) is 0.731. The highest BCUT2D eigenvalue weighted by Gasteiger charge is 2.18. The minimum absolute atomic E-state index is 0.0946. The second kappa shape index (κ2) is 9.71. The Hall–Kier alpha value is -1.89. The summed E-state index contributed by atoms with van der Waals surface area (Å²) in [5, 5.41) is 2.77. The molecule has 1 aliphatic heterocycles. The number of carbonyl (C=O) groups excluding carboxylic acids is 1. The van der Waals surface area contributed by atoms with E-state index in [1.54, 1.807) is 12.1 Å². The number of benzene rings is 1. The normalized spacial score (nSPS) is 17.2. The molecule has 1 saturated heterocycles. The van der Waals surface area contributed by atoms with Crippen LogP contribution in [-0.2, 0) is 14.8 Å². The Morgan fingerprint density at radius 1 is 1.23 bits per heavy atom. The van der Waals surface area contributed by atoms with Gasteiger partial charge in [-0.25, -0.2) is 0 Å². The van der Waals surface area contributed by atoms with Crippen LogP contribution in [0.3, 0.4) is 0 Å². The van der Waals surface area contributed by atoms with Crippen molar-refractivity contribution in [3.8, 4) is 0 Å². The van der Waals surface area contributed by atoms with Gasteiger partial charge in [0.25, 0.3) is 10.0 Å². The first-order valence-electron chi connectivity index (χ1n) is 9.37. The molecule has 1 aliphatic rings. The fourth-order valence-electron chi connectivity index (χ4n) is 2.93. The van der Waals surface area contributed by atoms with Crippen molar-refractivity contribution in [2.75, 3.05) is 18.9 Å². The maximum absolute atomic E-state index is 12.7. The van der Waals surface area contributed by atoms with Crippen LogP contribution in [0.2, 0.25) is 0 Å². The number of anilines is 1. The molecule has 1 aromatic carbocycles. The summed E-state index contributed by atoms with van der Waals surface area (Å²) in [5.74, 6) is 0.513. The van der Waals surface area contributed by atoms with Crippen LogP contribution in [0, 0.1) is 0 Å². The van der Waals surface area contributed by atoms with E-state index in [4.69, 9.17) is 0 Å². The number of carbonyl (C=O) groups is 1. The molecule has 0 saturated carbocycles. The molecule has 0 unspecified atom stereocenters. The first kappa shape index (κ1) is 20.4. The monoisotopic (exact) mass is 379 g/mol. The number of nitrogens with zero attached hydrogens (tertiary/aromatic N) is 2. The smallest absolute Gasteiger partial charge is 0.284 e. The molecule has 0 radical (unpaired) electrons. The van der Waals surface area contributed by atoms with Gasteiger partial charge in [0, 0.05) is 32.1 Å². The van der Waals surface area contributed by atoms with Crippen LogP contribution in [0.1, 0.15) is 58.3 Å². The summed E-state index contributed by atoms with van der Waals surface area (Å²) in [6.07, 6.45) is 7.09. The average Bonchev–Trinajstić information content (AvgIpc) is 2.80. The van der Waals surface area contributed by atoms with Crippen LogP contribution < -0.4 is 5.32 Å². The third kappa shape index (κ3) is 6.12. The highest BCUT2D eigenvalue weighted by Crippen LogP contribution is 2.20. The lowest BCUT2D eigenvalue weighted by Gasteiger charge is -2.17. The fourth-order valence-corrected chi connectivity index (χ4v) is 4.07. The van der Waals surface area contributed by atoms with Gasteiger partial charge in [0.1, 0.15) is 5.84 Å². The summed E-state index contributed by atoms with van der Waals surface area (Å²) in [5.41, 5.74) is 0.488. The molecule has 26 heavy (non-hydrogen) atoms. The maximum atomic E-state index is 12.7. The van der Waals surface area contributed by atoms with E-state index in [9.17, 15) is 13.2 Å². The van der Waals surface area contributed by atoms with Crippen LogP contribution in [0.5, 0.6) is 0 Å². The summed E-state index contributed by atoms with van der Waals surface area (Å²) in [6.45, 7) is 2.90. The van der Waals surface area contributed by atoms with Crippen LogP contribution in [0.4, 0.5) is 5.69 Å². The predicted octanol–water partition coefficient (Wildman–Crippen LogP) is 3.80. The minimum atomic E-state index is -3.79. The summed E-state index contributed by atoms with van der Waals surface area (Å²) < 4.78 is 29.4. The molecule has 144 valence electrons. The maximum Gasteiger partial charge on any atom is 0.284 e. The van der Waals surface area contributed by atoms with Gasteiger partial charge in [-0.15, -0.1) is 4.40 Å². The number of amides is 1. The third-order valence-corrected chi connectivity index (χ3v) is 5.78. The molecule has 0 atom stereocenters. The van der Waals surface area contributed by atoms with E-state index in [-0.39, 0.29) is 10.8 Å². The van der Waals surface area contributed by atoms with Gasteiger partial charge in [0.05, 0.1) is 4.90 Å². The van der Waals surface area contributed by atoms with Gasteiger partial charge in [0.2, 0.25) is 5.91 Å². The van der Waals surface area contributed by atoms with Crippen LogP contribution in [0.25, 0.3) is 0 Å². The van der Waals surface area contributed by atoms with Crippen molar-refractivity contribution in [3.05, 3.63) is 24.3 Å². The Morgan fingerprint density at radius 3 is 2.81 bits per heavy atom. The van der Waals surface area contributed by atoms with Gasteiger partial charge < -0.3 is 10.2 Å². The lowest BCUT2D eigenvalue weighted by Crippen LogP contribution is -2.26. The zero-order valence-electron chi connectivity index (χ0n) is 15.7. The van der Waals surface area contributed by atoms with E-state index in [0.29, 0.717) is 24.4 Å². The number of hydrogen-bond donors (Lipinski definition) is 1. The minimum Gasteiger partial charge on any atom is -0.362 e. The number of nitrogens with one attached hydrogen (secondary N) is 1. The molecule has 1 heterocycles. The molecule has 7 heteroatoms. The van der Waals surface area contributed by atoms with Crippen LogP contribution in [-0.4, -0.2) is 38.7 Å². The van der Waals surface area contributed by atoms with Crippen molar-refractivity contribution in [1.82, 2.24) is 4.90 Å². The Bertz CT molecular complexity index is 744. The standard InChI is InChI=1S/C19H29N3O3S/c1-3-4-6-13-19(23)20-16-10-9-11-17(15-16)26(24,25)21-18-12-7-5-8-14-22(18)2/h9-11,15H,3-8,12-14H2,1-2H3,(H,20,23)/b21-18-. The third-order valence-electron chi connectivity index (χ3n) is 4.48. The van der Waals surface area contributed by atoms with E-state index < -0.39 is 10.0 Å². The molecule has 0 aromatic heterocycles. The van der Waals surface area contributed by atoms with E-state index >= 15 is 0 Å². The topological polar surface area (TPSA) is 78.8 Å². The van der Waals surface area contributed by atoms with Gasteiger partial charge in [-0.3, -0.25) is 4.79 Å². The van der Waals surface area contributed by atoms with Crippen molar-refractivity contribution < 1.29 is 13.2 Å².